The Balaban J connectivity index is 0. The maximum Gasteiger partial charge on any atom is 4.00 e. The van der Waals surface area contributed by atoms with Crippen LogP contribution in [0.3, 0.4) is 0 Å². The molecule has 206 valence electrons. The minimum atomic E-state index is -0.417. The van der Waals surface area contributed by atoms with E-state index in [2.05, 4.69) is 23.6 Å². The fraction of sp³-hybridized carbons (Fsp3) is 0.600. The van der Waals surface area contributed by atoms with Crippen molar-refractivity contribution in [1.29, 1.82) is 0 Å². The van der Waals surface area contributed by atoms with Gasteiger partial charge in [0.05, 0.1) is 0 Å². The molecule has 0 heterocycles. The number of hydrogen-bond acceptors (Lipinski definition) is 6. The van der Waals surface area contributed by atoms with Gasteiger partial charge in [0.2, 0.25) is 0 Å². The molecule has 6 nitrogen and oxygen atoms in total. The molecule has 0 aliphatic carbocycles. The van der Waals surface area contributed by atoms with E-state index in [1.165, 1.54) is 0 Å². The average Bonchev–Trinajstić information content (AvgIpc) is 2.74. The van der Waals surface area contributed by atoms with Crippen LogP contribution >= 0.6 is 0 Å². The molecule has 2 rings (SSSR count). The third-order valence-corrected chi connectivity index (χ3v) is 5.41. The Bertz CT molecular complexity index is 829. The van der Waals surface area contributed by atoms with Gasteiger partial charge >= 0.3 is 21.7 Å². The van der Waals surface area contributed by atoms with Gasteiger partial charge in [-0.15, -0.1) is 23.7 Å². The molecule has 0 amide bonds. The van der Waals surface area contributed by atoms with Crippen LogP contribution in [0.4, 0.5) is 0 Å². The summed E-state index contributed by atoms with van der Waals surface area (Å²) < 4.78 is 0. The molecule has 0 spiro atoms. The second kappa shape index (κ2) is 19.6. The molecule has 7 heteroatoms. The topological polar surface area (TPSA) is 98.7 Å². The minimum absolute atomic E-state index is 0. The zero-order chi connectivity index (χ0) is 28.0. The molecule has 0 fully saturated rings. The summed E-state index contributed by atoms with van der Waals surface area (Å²) in [6.07, 6.45) is -0.833. The van der Waals surface area contributed by atoms with Crippen LogP contribution in [0.2, 0.25) is 0 Å². The molecule has 0 aliphatic rings. The molecule has 0 bridgehead atoms. The van der Waals surface area contributed by atoms with Gasteiger partial charge in [-0.25, -0.2) is 0 Å². The molecule has 0 radical (unpaired) electrons. The number of likely N-dealkylation sites (N-methyl/N-ethyl adjacent to an activating group) is 1. The largest absolute Gasteiger partial charge is 4.00 e. The fourth-order valence-corrected chi connectivity index (χ4v) is 3.84. The summed E-state index contributed by atoms with van der Waals surface area (Å²) in [5.41, 5.74) is 5.41. The Morgan fingerprint density at radius 3 is 1.22 bits per heavy atom. The SMILES string of the molecule is CC(C)[O-].CC(C)[O-].CCN(CC)CCN(Cc1cc(C)cc(C)c1[O-])Cc1cc(C)cc(C)c1[O-].[Ti+4]. The van der Waals surface area contributed by atoms with Gasteiger partial charge in [-0.1, -0.05) is 88.1 Å². The first-order valence-corrected chi connectivity index (χ1v) is 13.0. The summed E-state index contributed by atoms with van der Waals surface area (Å²) in [5, 5.41) is 44.3. The van der Waals surface area contributed by atoms with Gasteiger partial charge < -0.3 is 25.3 Å². The van der Waals surface area contributed by atoms with E-state index in [1.54, 1.807) is 27.7 Å². The van der Waals surface area contributed by atoms with E-state index in [4.69, 9.17) is 0 Å². The molecule has 37 heavy (non-hydrogen) atoms. The number of aryl methyl sites for hydroxylation is 4. The number of nitrogens with zero attached hydrogens (tertiary/aromatic N) is 2. The molecular formula is C30H48N2O4Ti. The first kappa shape index (κ1) is 37.7. The fourth-order valence-electron chi connectivity index (χ4n) is 3.84. The van der Waals surface area contributed by atoms with Crippen molar-refractivity contribution in [2.45, 2.75) is 94.5 Å². The van der Waals surface area contributed by atoms with E-state index < -0.39 is 12.2 Å². The second-order valence-corrected chi connectivity index (χ2v) is 9.98. The maximum absolute atomic E-state index is 12.6. The maximum atomic E-state index is 12.6. The van der Waals surface area contributed by atoms with Crippen LogP contribution in [-0.2, 0) is 34.8 Å². The Labute approximate surface area is 241 Å². The zero-order valence-electron chi connectivity index (χ0n) is 24.7. The van der Waals surface area contributed by atoms with Crippen LogP contribution in [0.15, 0.2) is 24.3 Å². The van der Waals surface area contributed by atoms with Crippen molar-refractivity contribution in [3.8, 4) is 11.5 Å². The van der Waals surface area contributed by atoms with Crippen molar-refractivity contribution >= 4 is 0 Å². The Morgan fingerprint density at radius 1 is 0.622 bits per heavy atom. The van der Waals surface area contributed by atoms with Crippen LogP contribution < -0.4 is 20.4 Å². The molecule has 0 unspecified atom stereocenters. The third-order valence-electron chi connectivity index (χ3n) is 5.41. The number of benzene rings is 2. The minimum Gasteiger partial charge on any atom is -0.872 e. The Morgan fingerprint density at radius 2 is 0.919 bits per heavy atom. The molecule has 0 saturated heterocycles. The second-order valence-electron chi connectivity index (χ2n) is 9.98. The van der Waals surface area contributed by atoms with E-state index in [0.29, 0.717) is 13.1 Å². The van der Waals surface area contributed by atoms with Crippen molar-refractivity contribution in [3.63, 3.8) is 0 Å². The molecular weight excluding hydrogens is 500 g/mol. The standard InChI is InChI=1S/C24H36N2O2.2C3H7O.Ti/c1-7-25(8-2)9-10-26(15-21-13-17(3)11-19(5)23(21)27)16-22-14-18(4)12-20(6)24(22)28;2*1-3(2)4;/h11-14,27-28H,7-10,15-16H2,1-6H3;2*3H,1-2H3;/q;2*-1;+4/p-2. The van der Waals surface area contributed by atoms with Crippen LogP contribution in [0.25, 0.3) is 0 Å². The molecule has 0 aromatic heterocycles. The van der Waals surface area contributed by atoms with E-state index >= 15 is 0 Å². The molecule has 2 aromatic carbocycles. The van der Waals surface area contributed by atoms with E-state index in [0.717, 1.165) is 59.6 Å². The summed E-state index contributed by atoms with van der Waals surface area (Å²) in [6, 6.07) is 7.84. The Kier molecular flexibility index (Phi) is 20.0. The third kappa shape index (κ3) is 16.2. The summed E-state index contributed by atoms with van der Waals surface area (Å²) >= 11 is 0. The van der Waals surface area contributed by atoms with Gasteiger partial charge in [-0.3, -0.25) is 4.90 Å². The quantitative estimate of drug-likeness (QED) is 0.447. The van der Waals surface area contributed by atoms with Gasteiger partial charge in [0.1, 0.15) is 0 Å². The van der Waals surface area contributed by atoms with Gasteiger partial charge in [0.25, 0.3) is 0 Å². The van der Waals surface area contributed by atoms with Gasteiger partial charge in [0.15, 0.2) is 0 Å². The van der Waals surface area contributed by atoms with Crippen molar-refractivity contribution < 1.29 is 42.1 Å². The van der Waals surface area contributed by atoms with E-state index in [-0.39, 0.29) is 33.2 Å². The van der Waals surface area contributed by atoms with Gasteiger partial charge in [-0.05, 0) is 51.9 Å². The predicted molar refractivity (Wildman–Crippen MR) is 143 cm³/mol. The monoisotopic (exact) mass is 548 g/mol. The molecule has 0 saturated carbocycles. The van der Waals surface area contributed by atoms with Crippen LogP contribution in [0.1, 0.15) is 74.9 Å². The average molecular weight is 549 g/mol. The van der Waals surface area contributed by atoms with Gasteiger partial charge in [-0.2, -0.15) is 0 Å². The molecule has 0 N–H and O–H groups in total. The van der Waals surface area contributed by atoms with E-state index in [9.17, 15) is 20.4 Å². The van der Waals surface area contributed by atoms with E-state index in [1.807, 2.05) is 52.0 Å². The Hall–Kier alpha value is -1.41. The van der Waals surface area contributed by atoms with Crippen LogP contribution in [-0.4, -0.2) is 48.2 Å². The van der Waals surface area contributed by atoms with Crippen molar-refractivity contribution in [1.82, 2.24) is 9.80 Å². The molecule has 2 aromatic rings. The number of hydrogen-bond donors (Lipinski definition) is 0. The molecule has 0 atom stereocenters. The zero-order valence-corrected chi connectivity index (χ0v) is 26.3. The predicted octanol–water partition coefficient (Wildman–Crippen LogP) is 2.92. The van der Waals surface area contributed by atoms with Crippen LogP contribution in [0.5, 0.6) is 11.5 Å². The van der Waals surface area contributed by atoms with Crippen molar-refractivity contribution in [3.05, 3.63) is 57.6 Å². The smallest absolute Gasteiger partial charge is 0.872 e. The number of rotatable bonds is 9. The first-order valence-electron chi connectivity index (χ1n) is 13.0. The summed E-state index contributed by atoms with van der Waals surface area (Å²) in [5.74, 6) is 0.224. The first-order chi connectivity index (χ1) is 16.7. The van der Waals surface area contributed by atoms with Crippen LogP contribution in [0, 0.1) is 27.7 Å². The van der Waals surface area contributed by atoms with Crippen molar-refractivity contribution in [2.75, 3.05) is 26.2 Å². The molecule has 0 aliphatic heterocycles. The summed E-state index contributed by atoms with van der Waals surface area (Å²) in [4.78, 5) is 4.61. The van der Waals surface area contributed by atoms with Gasteiger partial charge in [0, 0.05) is 26.2 Å². The summed E-state index contributed by atoms with van der Waals surface area (Å²) in [6.45, 7) is 23.4. The van der Waals surface area contributed by atoms with Crippen molar-refractivity contribution in [2.24, 2.45) is 0 Å². The summed E-state index contributed by atoms with van der Waals surface area (Å²) in [7, 11) is 0. The normalized spacial score (nSPS) is 10.7.